The molecule has 1 aliphatic heterocycles. The quantitative estimate of drug-likeness (QED) is 0.661. The molecule has 1 unspecified atom stereocenters. The predicted octanol–water partition coefficient (Wildman–Crippen LogP) is 4.19. The molecule has 0 spiro atoms. The summed E-state index contributed by atoms with van der Waals surface area (Å²) in [7, 11) is -2.20. The molecule has 1 atom stereocenters. The second-order valence-electron chi connectivity index (χ2n) is 7.99. The van der Waals surface area contributed by atoms with Crippen molar-refractivity contribution in [3.05, 3.63) is 52.0 Å². The topological polar surface area (TPSA) is 84.9 Å². The molecule has 0 aromatic heterocycles. The molecule has 0 saturated carbocycles. The van der Waals surface area contributed by atoms with Gasteiger partial charge in [0.1, 0.15) is 23.6 Å². The average molecular weight is 487 g/mol. The van der Waals surface area contributed by atoms with Gasteiger partial charge in [-0.2, -0.15) is 0 Å². The van der Waals surface area contributed by atoms with E-state index in [-0.39, 0.29) is 21.8 Å². The standard InChI is InChI=1S/C21H24Cl2N2O5S/c1-21(2)11-18(17-6-5-16(29-3)10-19(17)30-21)24-20(26)12-25(31(4,27)28)15-8-13(22)7-14(23)9-15/h5-10,18H,11-12H2,1-4H3,(H,24,26). The minimum atomic E-state index is -3.77. The molecular formula is C21H24Cl2N2O5S. The minimum Gasteiger partial charge on any atom is -0.497 e. The minimum absolute atomic E-state index is 0.215. The summed E-state index contributed by atoms with van der Waals surface area (Å²) in [4.78, 5) is 12.9. The SMILES string of the molecule is COc1ccc2c(c1)OC(C)(C)CC2NC(=O)CN(c1cc(Cl)cc(Cl)c1)S(C)(=O)=O. The van der Waals surface area contributed by atoms with Gasteiger partial charge in [0, 0.05) is 28.1 Å². The van der Waals surface area contributed by atoms with Gasteiger partial charge >= 0.3 is 0 Å². The predicted molar refractivity (Wildman–Crippen MR) is 122 cm³/mol. The van der Waals surface area contributed by atoms with Crippen molar-refractivity contribution in [1.29, 1.82) is 0 Å². The van der Waals surface area contributed by atoms with Gasteiger partial charge in [-0.25, -0.2) is 8.42 Å². The molecule has 0 fully saturated rings. The largest absolute Gasteiger partial charge is 0.497 e. The first kappa shape index (κ1) is 23.5. The van der Waals surface area contributed by atoms with Crippen LogP contribution >= 0.6 is 23.2 Å². The number of sulfonamides is 1. The van der Waals surface area contributed by atoms with E-state index >= 15 is 0 Å². The van der Waals surface area contributed by atoms with Gasteiger partial charge in [0.25, 0.3) is 0 Å². The van der Waals surface area contributed by atoms with Gasteiger partial charge in [-0.1, -0.05) is 23.2 Å². The number of nitrogens with one attached hydrogen (secondary N) is 1. The third-order valence-electron chi connectivity index (χ3n) is 4.84. The number of ether oxygens (including phenoxy) is 2. The Labute approximate surface area is 192 Å². The fourth-order valence-corrected chi connectivity index (χ4v) is 4.90. The molecule has 31 heavy (non-hydrogen) atoms. The Morgan fingerprint density at radius 3 is 2.45 bits per heavy atom. The van der Waals surface area contributed by atoms with Crippen LogP contribution in [-0.4, -0.2) is 39.8 Å². The molecule has 168 valence electrons. The summed E-state index contributed by atoms with van der Waals surface area (Å²) in [5.74, 6) is 0.788. The number of amides is 1. The van der Waals surface area contributed by atoms with Crippen molar-refractivity contribution in [2.45, 2.75) is 31.9 Å². The zero-order valence-corrected chi connectivity index (χ0v) is 19.9. The van der Waals surface area contributed by atoms with E-state index in [1.54, 1.807) is 19.2 Å². The molecule has 7 nitrogen and oxygen atoms in total. The highest BCUT2D eigenvalue weighted by atomic mass is 35.5. The Kier molecular flexibility index (Phi) is 6.64. The van der Waals surface area contributed by atoms with Gasteiger partial charge in [0.05, 0.1) is 25.1 Å². The van der Waals surface area contributed by atoms with Crippen molar-refractivity contribution in [2.24, 2.45) is 0 Å². The number of methoxy groups -OCH3 is 1. The molecule has 2 aromatic carbocycles. The van der Waals surface area contributed by atoms with E-state index < -0.39 is 28.1 Å². The number of rotatable bonds is 6. The second kappa shape index (κ2) is 8.76. The molecule has 2 aromatic rings. The van der Waals surface area contributed by atoms with Crippen LogP contribution in [0.5, 0.6) is 11.5 Å². The monoisotopic (exact) mass is 486 g/mol. The molecule has 3 rings (SSSR count). The van der Waals surface area contributed by atoms with Crippen LogP contribution in [0, 0.1) is 0 Å². The van der Waals surface area contributed by atoms with Crippen molar-refractivity contribution >= 4 is 44.8 Å². The van der Waals surface area contributed by atoms with Crippen LogP contribution in [0.4, 0.5) is 5.69 Å². The molecule has 1 N–H and O–H groups in total. The van der Waals surface area contributed by atoms with Gasteiger partial charge in [-0.15, -0.1) is 0 Å². The van der Waals surface area contributed by atoms with E-state index in [0.717, 1.165) is 16.1 Å². The number of benzene rings is 2. The third-order valence-corrected chi connectivity index (χ3v) is 6.41. The first-order chi connectivity index (χ1) is 14.4. The number of nitrogens with zero attached hydrogens (tertiary/aromatic N) is 1. The Morgan fingerprint density at radius 2 is 1.87 bits per heavy atom. The van der Waals surface area contributed by atoms with Crippen molar-refractivity contribution in [3.63, 3.8) is 0 Å². The van der Waals surface area contributed by atoms with E-state index in [9.17, 15) is 13.2 Å². The van der Waals surface area contributed by atoms with Gasteiger partial charge < -0.3 is 14.8 Å². The van der Waals surface area contributed by atoms with E-state index in [2.05, 4.69) is 5.32 Å². The zero-order valence-electron chi connectivity index (χ0n) is 17.6. The van der Waals surface area contributed by atoms with Crippen LogP contribution in [0.3, 0.4) is 0 Å². The summed E-state index contributed by atoms with van der Waals surface area (Å²) in [5, 5.41) is 3.48. The van der Waals surface area contributed by atoms with Crippen LogP contribution in [0.25, 0.3) is 0 Å². The number of halogens is 2. The summed E-state index contributed by atoms with van der Waals surface area (Å²) in [6.45, 7) is 3.43. The third kappa shape index (κ3) is 5.75. The highest BCUT2D eigenvalue weighted by Gasteiger charge is 2.35. The van der Waals surface area contributed by atoms with Crippen LogP contribution < -0.4 is 19.1 Å². The average Bonchev–Trinajstić information content (AvgIpc) is 2.62. The lowest BCUT2D eigenvalue weighted by Crippen LogP contribution is -2.45. The summed E-state index contributed by atoms with van der Waals surface area (Å²) in [6, 6.07) is 9.41. The second-order valence-corrected chi connectivity index (χ2v) is 10.8. The van der Waals surface area contributed by atoms with E-state index in [1.165, 1.54) is 18.2 Å². The first-order valence-electron chi connectivity index (χ1n) is 9.48. The van der Waals surface area contributed by atoms with Crippen LogP contribution in [-0.2, 0) is 14.8 Å². The van der Waals surface area contributed by atoms with Gasteiger partial charge in [0.15, 0.2) is 0 Å². The molecule has 0 aliphatic carbocycles. The van der Waals surface area contributed by atoms with Crippen LogP contribution in [0.15, 0.2) is 36.4 Å². The molecule has 1 heterocycles. The molecule has 1 amide bonds. The maximum atomic E-state index is 12.9. The highest BCUT2D eigenvalue weighted by molar-refractivity contribution is 7.92. The number of anilines is 1. The lowest BCUT2D eigenvalue weighted by Gasteiger charge is -2.38. The van der Waals surface area contributed by atoms with E-state index in [0.29, 0.717) is 17.9 Å². The number of hydrogen-bond acceptors (Lipinski definition) is 5. The number of carbonyl (C=O) groups is 1. The van der Waals surface area contributed by atoms with Crippen LogP contribution in [0.2, 0.25) is 10.0 Å². The van der Waals surface area contributed by atoms with Crippen molar-refractivity contribution in [2.75, 3.05) is 24.2 Å². The highest BCUT2D eigenvalue weighted by Crippen LogP contribution is 2.41. The summed E-state index contributed by atoms with van der Waals surface area (Å²) >= 11 is 12.0. The number of hydrogen-bond donors (Lipinski definition) is 1. The van der Waals surface area contributed by atoms with Gasteiger partial charge in [0.2, 0.25) is 15.9 Å². The van der Waals surface area contributed by atoms with E-state index in [1.807, 2.05) is 19.9 Å². The van der Waals surface area contributed by atoms with Gasteiger partial charge in [-0.05, 0) is 44.2 Å². The number of carbonyl (C=O) groups excluding carboxylic acids is 1. The Hall–Kier alpha value is -2.16. The Balaban J connectivity index is 1.86. The number of fused-ring (bicyclic) bond motifs is 1. The molecule has 0 saturated heterocycles. The maximum Gasteiger partial charge on any atom is 0.241 e. The van der Waals surface area contributed by atoms with Crippen LogP contribution in [0.1, 0.15) is 31.9 Å². The Bertz CT molecular complexity index is 1080. The lowest BCUT2D eigenvalue weighted by molar-refractivity contribution is -0.120. The molecule has 10 heteroatoms. The molecule has 0 bridgehead atoms. The van der Waals surface area contributed by atoms with Crippen molar-refractivity contribution in [1.82, 2.24) is 5.32 Å². The lowest BCUT2D eigenvalue weighted by atomic mass is 9.89. The van der Waals surface area contributed by atoms with Crippen molar-refractivity contribution < 1.29 is 22.7 Å². The van der Waals surface area contributed by atoms with Crippen molar-refractivity contribution in [3.8, 4) is 11.5 Å². The summed E-state index contributed by atoms with van der Waals surface area (Å²) < 4.78 is 37.0. The normalized spacial score (nSPS) is 17.3. The fraction of sp³-hybridized carbons (Fsp3) is 0.381. The van der Waals surface area contributed by atoms with Gasteiger partial charge in [-0.3, -0.25) is 9.10 Å². The maximum absolute atomic E-state index is 12.9. The summed E-state index contributed by atoms with van der Waals surface area (Å²) in [6.07, 6.45) is 1.54. The molecule has 0 radical (unpaired) electrons. The zero-order chi connectivity index (χ0) is 23.0. The fourth-order valence-electron chi connectivity index (χ4n) is 3.54. The Morgan fingerprint density at radius 1 is 1.23 bits per heavy atom. The molecule has 1 aliphatic rings. The van der Waals surface area contributed by atoms with E-state index in [4.69, 9.17) is 32.7 Å². The molecular weight excluding hydrogens is 463 g/mol. The summed E-state index contributed by atoms with van der Waals surface area (Å²) in [5.41, 5.74) is 0.478. The first-order valence-corrected chi connectivity index (χ1v) is 12.1. The smallest absolute Gasteiger partial charge is 0.241 e.